The summed E-state index contributed by atoms with van der Waals surface area (Å²) in [6.07, 6.45) is 6.94. The van der Waals surface area contributed by atoms with Crippen LogP contribution in [0.2, 0.25) is 0 Å². The van der Waals surface area contributed by atoms with Crippen LogP contribution < -0.4 is 15.5 Å². The number of allylic oxidation sites excluding steroid dienone is 1. The fraction of sp³-hybridized carbons (Fsp3) is 0.348. The van der Waals surface area contributed by atoms with Gasteiger partial charge in [0.15, 0.2) is 0 Å². The highest BCUT2D eigenvalue weighted by atomic mass is 16.2. The molecule has 0 aliphatic rings. The number of benzene rings is 1. The molecule has 6 heteroatoms. The zero-order chi connectivity index (χ0) is 21.1. The molecule has 0 saturated carbocycles. The quantitative estimate of drug-likeness (QED) is 0.359. The lowest BCUT2D eigenvalue weighted by Crippen LogP contribution is -2.30. The molecule has 2 N–H and O–H groups in total. The van der Waals surface area contributed by atoms with Crippen molar-refractivity contribution in [3.63, 3.8) is 0 Å². The van der Waals surface area contributed by atoms with Crippen molar-refractivity contribution < 1.29 is 4.79 Å². The number of hydrogen-bond acceptors (Lipinski definition) is 3. The standard InChI is InChI=1S/C23H31N5O/c1-5-15-24-17-28(4)22-14-8-10-19(26-22)11-9-16-25-23(29)27-21-13-7-6-12-20(21)18(2)3/h5-8,10,12-15,17-18H,9,11,16H2,1-4H3,(H2,25,27,29)/b15-5-,24-17?. The van der Waals surface area contributed by atoms with Crippen LogP contribution in [-0.2, 0) is 6.42 Å². The zero-order valence-electron chi connectivity index (χ0n) is 17.7. The molecule has 0 saturated heterocycles. The number of nitrogens with one attached hydrogen (secondary N) is 2. The molecule has 29 heavy (non-hydrogen) atoms. The second kappa shape index (κ2) is 11.6. The normalized spacial score (nSPS) is 11.3. The summed E-state index contributed by atoms with van der Waals surface area (Å²) >= 11 is 0. The highest BCUT2D eigenvalue weighted by Crippen LogP contribution is 2.23. The number of carbonyl (C=O) groups excluding carboxylic acids is 1. The van der Waals surface area contributed by atoms with Gasteiger partial charge in [-0.25, -0.2) is 14.8 Å². The van der Waals surface area contributed by atoms with Crippen LogP contribution in [0.4, 0.5) is 16.3 Å². The number of carbonyl (C=O) groups is 1. The van der Waals surface area contributed by atoms with Gasteiger partial charge in [0.05, 0.1) is 6.34 Å². The summed E-state index contributed by atoms with van der Waals surface area (Å²) in [7, 11) is 1.92. The molecule has 2 aromatic rings. The number of hydrogen-bond donors (Lipinski definition) is 2. The fourth-order valence-electron chi connectivity index (χ4n) is 2.84. The van der Waals surface area contributed by atoms with Crippen LogP contribution in [0.3, 0.4) is 0 Å². The van der Waals surface area contributed by atoms with E-state index >= 15 is 0 Å². The van der Waals surface area contributed by atoms with E-state index in [2.05, 4.69) is 34.5 Å². The number of aliphatic imine (C=N–C) groups is 1. The molecule has 1 heterocycles. The molecule has 2 amide bonds. The third kappa shape index (κ3) is 7.41. The van der Waals surface area contributed by atoms with Gasteiger partial charge in [-0.3, -0.25) is 0 Å². The van der Waals surface area contributed by atoms with Crippen molar-refractivity contribution in [2.75, 3.05) is 23.8 Å². The molecule has 0 unspecified atom stereocenters. The van der Waals surface area contributed by atoms with Gasteiger partial charge < -0.3 is 15.5 Å². The van der Waals surface area contributed by atoms with Crippen LogP contribution in [0.5, 0.6) is 0 Å². The summed E-state index contributed by atoms with van der Waals surface area (Å²) in [5, 5.41) is 5.87. The summed E-state index contributed by atoms with van der Waals surface area (Å²) in [5.41, 5.74) is 2.98. The van der Waals surface area contributed by atoms with Gasteiger partial charge >= 0.3 is 6.03 Å². The van der Waals surface area contributed by atoms with Gasteiger partial charge in [0, 0.05) is 31.2 Å². The Morgan fingerprint density at radius 3 is 2.76 bits per heavy atom. The number of nitrogens with zero attached hydrogens (tertiary/aromatic N) is 3. The number of rotatable bonds is 9. The molecule has 0 aliphatic heterocycles. The minimum absolute atomic E-state index is 0.181. The summed E-state index contributed by atoms with van der Waals surface area (Å²) in [6.45, 7) is 6.74. The van der Waals surface area contributed by atoms with Crippen molar-refractivity contribution in [2.24, 2.45) is 4.99 Å². The Kier molecular flexibility index (Phi) is 8.89. The lowest BCUT2D eigenvalue weighted by atomic mass is 10.0. The molecule has 0 bridgehead atoms. The first-order chi connectivity index (χ1) is 14.0. The molecule has 154 valence electrons. The van der Waals surface area contributed by atoms with Crippen molar-refractivity contribution in [2.45, 2.75) is 39.5 Å². The fourth-order valence-corrected chi connectivity index (χ4v) is 2.84. The van der Waals surface area contributed by atoms with Crippen LogP contribution in [0.25, 0.3) is 0 Å². The van der Waals surface area contributed by atoms with Crippen LogP contribution in [0.1, 0.15) is 44.4 Å². The molecule has 0 radical (unpaired) electrons. The van der Waals surface area contributed by atoms with E-state index in [-0.39, 0.29) is 6.03 Å². The first kappa shape index (κ1) is 22.1. The van der Waals surface area contributed by atoms with E-state index < -0.39 is 0 Å². The maximum atomic E-state index is 12.2. The predicted molar refractivity (Wildman–Crippen MR) is 122 cm³/mol. The van der Waals surface area contributed by atoms with Crippen molar-refractivity contribution in [1.29, 1.82) is 0 Å². The second-order valence-electron chi connectivity index (χ2n) is 7.07. The third-order valence-electron chi connectivity index (χ3n) is 4.35. The van der Waals surface area contributed by atoms with E-state index in [0.717, 1.165) is 35.6 Å². The third-order valence-corrected chi connectivity index (χ3v) is 4.35. The molecule has 1 aromatic heterocycles. The zero-order valence-corrected chi connectivity index (χ0v) is 17.7. The highest BCUT2D eigenvalue weighted by Gasteiger charge is 2.08. The van der Waals surface area contributed by atoms with E-state index in [9.17, 15) is 4.79 Å². The highest BCUT2D eigenvalue weighted by molar-refractivity contribution is 5.90. The topological polar surface area (TPSA) is 69.6 Å². The maximum Gasteiger partial charge on any atom is 0.319 e. The number of amides is 2. The van der Waals surface area contributed by atoms with Crippen molar-refractivity contribution >= 4 is 23.9 Å². The lowest BCUT2D eigenvalue weighted by Gasteiger charge is -2.14. The number of pyridine rings is 1. The Bertz CT molecular complexity index is 845. The largest absolute Gasteiger partial charge is 0.338 e. The summed E-state index contributed by atoms with van der Waals surface area (Å²) in [4.78, 5) is 22.9. The Morgan fingerprint density at radius 2 is 2.00 bits per heavy atom. The minimum Gasteiger partial charge on any atom is -0.338 e. The van der Waals surface area contributed by atoms with Gasteiger partial charge in [-0.15, -0.1) is 0 Å². The van der Waals surface area contributed by atoms with Gasteiger partial charge in [0.25, 0.3) is 0 Å². The SMILES string of the molecule is C/C=C\N=CN(C)c1cccc(CCCNC(=O)Nc2ccccc2C(C)C)n1. The molecule has 0 atom stereocenters. The molecule has 0 fully saturated rings. The monoisotopic (exact) mass is 393 g/mol. The van der Waals surface area contributed by atoms with E-state index in [1.807, 2.05) is 67.4 Å². The van der Waals surface area contributed by atoms with Crippen molar-refractivity contribution in [1.82, 2.24) is 10.3 Å². The summed E-state index contributed by atoms with van der Waals surface area (Å²) in [5.74, 6) is 1.19. The number of aromatic nitrogens is 1. The first-order valence-electron chi connectivity index (χ1n) is 9.98. The van der Waals surface area contributed by atoms with Crippen LogP contribution in [0, 0.1) is 0 Å². The molecule has 1 aromatic carbocycles. The lowest BCUT2D eigenvalue weighted by molar-refractivity contribution is 0.252. The van der Waals surface area contributed by atoms with E-state index in [1.54, 1.807) is 12.5 Å². The molecular formula is C23H31N5O. The van der Waals surface area contributed by atoms with Crippen LogP contribution >= 0.6 is 0 Å². The molecule has 6 nitrogen and oxygen atoms in total. The summed E-state index contributed by atoms with van der Waals surface area (Å²) in [6, 6.07) is 13.6. The second-order valence-corrected chi connectivity index (χ2v) is 7.07. The van der Waals surface area contributed by atoms with Gasteiger partial charge in [-0.2, -0.15) is 0 Å². The van der Waals surface area contributed by atoms with Crippen LogP contribution in [0.15, 0.2) is 59.7 Å². The van der Waals surface area contributed by atoms with Crippen molar-refractivity contribution in [3.8, 4) is 0 Å². The number of aryl methyl sites for hydroxylation is 1. The smallest absolute Gasteiger partial charge is 0.319 e. The first-order valence-corrected chi connectivity index (χ1v) is 9.98. The molecular weight excluding hydrogens is 362 g/mol. The van der Waals surface area contributed by atoms with Gasteiger partial charge in [-0.1, -0.05) is 44.2 Å². The Labute approximate surface area is 173 Å². The minimum atomic E-state index is -0.181. The van der Waals surface area contributed by atoms with Crippen molar-refractivity contribution in [3.05, 3.63) is 66.0 Å². The number of urea groups is 1. The van der Waals surface area contributed by atoms with Gasteiger partial charge in [0.1, 0.15) is 5.82 Å². The Balaban J connectivity index is 1.80. The summed E-state index contributed by atoms with van der Waals surface area (Å²) < 4.78 is 0. The number of anilines is 2. The van der Waals surface area contributed by atoms with Crippen LogP contribution in [-0.4, -0.2) is 30.9 Å². The van der Waals surface area contributed by atoms with E-state index in [4.69, 9.17) is 0 Å². The molecule has 0 aliphatic carbocycles. The average Bonchev–Trinajstić information content (AvgIpc) is 2.72. The van der Waals surface area contributed by atoms with Gasteiger partial charge in [0.2, 0.25) is 0 Å². The number of para-hydroxylation sites is 1. The predicted octanol–water partition coefficient (Wildman–Crippen LogP) is 4.96. The average molecular weight is 394 g/mol. The van der Waals surface area contributed by atoms with E-state index in [0.29, 0.717) is 12.5 Å². The molecule has 2 rings (SSSR count). The maximum absolute atomic E-state index is 12.2. The van der Waals surface area contributed by atoms with Gasteiger partial charge in [-0.05, 0) is 49.4 Å². The Hall–Kier alpha value is -3.15. The molecule has 0 spiro atoms. The Morgan fingerprint density at radius 1 is 1.21 bits per heavy atom. The van der Waals surface area contributed by atoms with E-state index in [1.165, 1.54) is 0 Å².